The summed E-state index contributed by atoms with van der Waals surface area (Å²) in [6, 6.07) is 4.05. The summed E-state index contributed by atoms with van der Waals surface area (Å²) in [6.07, 6.45) is 9.07. The first-order valence-electron chi connectivity index (χ1n) is 9.48. The first-order valence-corrected chi connectivity index (χ1v) is 9.48. The quantitative estimate of drug-likeness (QED) is 0.791. The van der Waals surface area contributed by atoms with Crippen molar-refractivity contribution in [2.45, 2.75) is 19.6 Å². The van der Waals surface area contributed by atoms with Crippen LogP contribution >= 0.6 is 0 Å². The van der Waals surface area contributed by atoms with Crippen molar-refractivity contribution < 1.29 is 4.74 Å². The molecule has 0 unspecified atom stereocenters. The zero-order chi connectivity index (χ0) is 18.0. The smallest absolute Gasteiger partial charge is 0.0731 e. The predicted molar refractivity (Wildman–Crippen MR) is 100 cm³/mol. The van der Waals surface area contributed by atoms with Gasteiger partial charge in [0.1, 0.15) is 0 Å². The maximum atomic E-state index is 6.10. The summed E-state index contributed by atoms with van der Waals surface area (Å²) in [5.41, 5.74) is 2.82. The van der Waals surface area contributed by atoms with Crippen LogP contribution < -0.4 is 0 Å². The Kier molecular flexibility index (Phi) is 5.07. The van der Waals surface area contributed by atoms with E-state index in [9.17, 15) is 0 Å². The van der Waals surface area contributed by atoms with Gasteiger partial charge in [-0.25, -0.2) is 0 Å². The third-order valence-electron chi connectivity index (χ3n) is 5.92. The fourth-order valence-corrected chi connectivity index (χ4v) is 4.73. The zero-order valence-corrected chi connectivity index (χ0v) is 15.8. The average molecular weight is 355 g/mol. The fourth-order valence-electron chi connectivity index (χ4n) is 4.73. The van der Waals surface area contributed by atoms with Crippen molar-refractivity contribution in [3.8, 4) is 0 Å². The minimum atomic E-state index is 0.367. The van der Waals surface area contributed by atoms with E-state index in [0.29, 0.717) is 17.9 Å². The van der Waals surface area contributed by atoms with Gasteiger partial charge in [-0.2, -0.15) is 5.10 Å². The van der Waals surface area contributed by atoms with Gasteiger partial charge in [0.25, 0.3) is 0 Å². The van der Waals surface area contributed by atoms with Gasteiger partial charge >= 0.3 is 0 Å². The molecule has 2 aliphatic rings. The molecule has 2 atom stereocenters. The lowest BCUT2D eigenvalue weighted by atomic mass is 9.77. The molecule has 2 aromatic heterocycles. The van der Waals surface area contributed by atoms with Crippen LogP contribution in [0, 0.1) is 11.3 Å². The third kappa shape index (κ3) is 3.82. The van der Waals surface area contributed by atoms with Gasteiger partial charge in [0.2, 0.25) is 0 Å². The molecular weight excluding hydrogens is 326 g/mol. The maximum Gasteiger partial charge on any atom is 0.0731 e. The van der Waals surface area contributed by atoms with E-state index in [1.54, 1.807) is 6.20 Å². The van der Waals surface area contributed by atoms with Crippen LogP contribution in [0.25, 0.3) is 0 Å². The third-order valence-corrected chi connectivity index (χ3v) is 5.92. The molecule has 1 spiro atoms. The molecular formula is C20H29N5O. The Balaban J connectivity index is 1.35. The molecule has 6 nitrogen and oxygen atoms in total. The molecule has 2 aromatic rings. The molecule has 140 valence electrons. The van der Waals surface area contributed by atoms with E-state index in [1.165, 1.54) is 25.1 Å². The van der Waals surface area contributed by atoms with Crippen LogP contribution in [0.5, 0.6) is 0 Å². The van der Waals surface area contributed by atoms with E-state index in [-0.39, 0.29) is 0 Å². The number of pyridine rings is 1. The number of rotatable bonds is 6. The van der Waals surface area contributed by atoms with Gasteiger partial charge in [0, 0.05) is 68.7 Å². The van der Waals surface area contributed by atoms with E-state index >= 15 is 0 Å². The van der Waals surface area contributed by atoms with Crippen LogP contribution in [0.4, 0.5) is 0 Å². The Hall–Kier alpha value is -1.76. The fraction of sp³-hybridized carbons (Fsp3) is 0.600. The van der Waals surface area contributed by atoms with Gasteiger partial charge in [0.05, 0.1) is 19.4 Å². The monoisotopic (exact) mass is 355 g/mol. The lowest BCUT2D eigenvalue weighted by Crippen LogP contribution is -2.36. The first-order chi connectivity index (χ1) is 12.6. The highest BCUT2D eigenvalue weighted by Gasteiger charge is 2.49. The normalized spacial score (nSPS) is 26.9. The largest absolute Gasteiger partial charge is 0.376 e. The van der Waals surface area contributed by atoms with Crippen LogP contribution in [-0.2, 0) is 24.9 Å². The van der Waals surface area contributed by atoms with Gasteiger partial charge in [-0.15, -0.1) is 0 Å². The molecule has 0 bridgehead atoms. The minimum absolute atomic E-state index is 0.367. The van der Waals surface area contributed by atoms with Crippen LogP contribution in [0.3, 0.4) is 0 Å². The molecule has 0 N–H and O–H groups in total. The summed E-state index contributed by atoms with van der Waals surface area (Å²) in [4.78, 5) is 9.23. The Morgan fingerprint density at radius 2 is 2.15 bits per heavy atom. The van der Waals surface area contributed by atoms with E-state index in [0.717, 1.165) is 31.8 Å². The zero-order valence-electron chi connectivity index (χ0n) is 15.8. The van der Waals surface area contributed by atoms with Crippen molar-refractivity contribution in [1.29, 1.82) is 0 Å². The van der Waals surface area contributed by atoms with E-state index in [1.807, 2.05) is 30.2 Å². The van der Waals surface area contributed by atoms with Crippen molar-refractivity contribution in [3.05, 3.63) is 48.0 Å². The lowest BCUT2D eigenvalue weighted by Gasteiger charge is -2.30. The molecule has 0 aromatic carbocycles. The minimum Gasteiger partial charge on any atom is -0.376 e. The van der Waals surface area contributed by atoms with Gasteiger partial charge in [-0.05, 0) is 31.6 Å². The maximum absolute atomic E-state index is 6.10. The van der Waals surface area contributed by atoms with E-state index in [4.69, 9.17) is 4.74 Å². The SMILES string of the molecule is CN1C[C@H](COCc2cccnc2)[C@]2(CCN(Cc3cnn(C)c3)C2)C1. The van der Waals surface area contributed by atoms with Crippen LogP contribution in [0.1, 0.15) is 17.5 Å². The summed E-state index contributed by atoms with van der Waals surface area (Å²) in [5.74, 6) is 0.600. The number of aromatic nitrogens is 3. The predicted octanol–water partition coefficient (Wildman–Crippen LogP) is 1.79. The number of aryl methyl sites for hydroxylation is 1. The molecule has 0 amide bonds. The van der Waals surface area contributed by atoms with E-state index in [2.05, 4.69) is 39.2 Å². The molecule has 0 saturated carbocycles. The second kappa shape index (κ2) is 7.47. The van der Waals surface area contributed by atoms with Gasteiger partial charge < -0.3 is 9.64 Å². The molecule has 4 heterocycles. The molecule has 0 radical (unpaired) electrons. The second-order valence-electron chi connectivity index (χ2n) is 8.12. The lowest BCUT2D eigenvalue weighted by molar-refractivity contribution is 0.0515. The molecule has 6 heteroatoms. The Morgan fingerprint density at radius 3 is 2.92 bits per heavy atom. The van der Waals surface area contributed by atoms with Crippen molar-refractivity contribution in [3.63, 3.8) is 0 Å². The van der Waals surface area contributed by atoms with Gasteiger partial charge in [-0.3, -0.25) is 14.6 Å². The van der Waals surface area contributed by atoms with Gasteiger partial charge in [0.15, 0.2) is 0 Å². The Labute approximate surface area is 155 Å². The number of ether oxygens (including phenoxy) is 1. The number of hydrogen-bond donors (Lipinski definition) is 0. The topological polar surface area (TPSA) is 46.4 Å². The second-order valence-corrected chi connectivity index (χ2v) is 8.12. The number of hydrogen-bond acceptors (Lipinski definition) is 5. The van der Waals surface area contributed by atoms with Crippen molar-refractivity contribution in [1.82, 2.24) is 24.6 Å². The standard InChI is InChI=1S/C20H29N5O/c1-23-12-19(14-26-13-17-4-3-6-21-8-17)20(15-23)5-7-25(16-20)11-18-9-22-24(2)10-18/h3-4,6,8-10,19H,5,7,11-16H2,1-2H3/t19-,20-/m1/s1. The number of likely N-dealkylation sites (tertiary alicyclic amines) is 2. The summed E-state index contributed by atoms with van der Waals surface area (Å²) in [6.45, 7) is 7.13. The molecule has 2 aliphatic heterocycles. The molecule has 2 saturated heterocycles. The number of nitrogens with zero attached hydrogens (tertiary/aromatic N) is 5. The highest BCUT2D eigenvalue weighted by Crippen LogP contribution is 2.43. The molecule has 4 rings (SSSR count). The van der Waals surface area contributed by atoms with Crippen LogP contribution in [0.2, 0.25) is 0 Å². The van der Waals surface area contributed by atoms with Crippen molar-refractivity contribution >= 4 is 0 Å². The molecule has 2 fully saturated rings. The molecule has 0 aliphatic carbocycles. The highest BCUT2D eigenvalue weighted by atomic mass is 16.5. The van der Waals surface area contributed by atoms with Crippen molar-refractivity contribution in [2.75, 3.05) is 39.8 Å². The van der Waals surface area contributed by atoms with Crippen LogP contribution in [-0.4, -0.2) is 64.4 Å². The van der Waals surface area contributed by atoms with Gasteiger partial charge in [-0.1, -0.05) is 6.07 Å². The Bertz CT molecular complexity index is 718. The summed E-state index contributed by atoms with van der Waals surface area (Å²) in [7, 11) is 4.23. The summed E-state index contributed by atoms with van der Waals surface area (Å²) < 4.78 is 7.99. The molecule has 26 heavy (non-hydrogen) atoms. The van der Waals surface area contributed by atoms with Crippen LogP contribution in [0.15, 0.2) is 36.9 Å². The van der Waals surface area contributed by atoms with E-state index < -0.39 is 0 Å². The van der Waals surface area contributed by atoms with Crippen molar-refractivity contribution in [2.24, 2.45) is 18.4 Å². The average Bonchev–Trinajstić information content (AvgIpc) is 3.30. The first kappa shape index (κ1) is 17.6. The summed E-state index contributed by atoms with van der Waals surface area (Å²) in [5, 5.41) is 4.30. The Morgan fingerprint density at radius 1 is 1.23 bits per heavy atom. The summed E-state index contributed by atoms with van der Waals surface area (Å²) >= 11 is 0. The highest BCUT2D eigenvalue weighted by molar-refractivity contribution is 5.08.